The van der Waals surface area contributed by atoms with Crippen LogP contribution >= 0.6 is 31.9 Å². The Morgan fingerprint density at radius 2 is 1.49 bits per heavy atom. The summed E-state index contributed by atoms with van der Waals surface area (Å²) in [5.41, 5.74) is 2.75. The summed E-state index contributed by atoms with van der Waals surface area (Å²) in [4.78, 5) is 48.5. The maximum absolute atomic E-state index is 14.0. The first-order chi connectivity index (χ1) is 22.7. The van der Waals surface area contributed by atoms with Gasteiger partial charge in [-0.1, -0.05) is 18.2 Å². The van der Waals surface area contributed by atoms with E-state index in [0.717, 1.165) is 49.2 Å². The molecule has 4 aliphatic heterocycles. The lowest BCUT2D eigenvalue weighted by atomic mass is 9.79. The fraction of sp³-hybridized carbons (Fsp3) is 0.571. The summed E-state index contributed by atoms with van der Waals surface area (Å²) in [5.74, 6) is 1.24. The monoisotopic (exact) mass is 773 g/mol. The van der Waals surface area contributed by atoms with E-state index >= 15 is 0 Å². The number of anilines is 1. The summed E-state index contributed by atoms with van der Waals surface area (Å²) >= 11 is 6.78. The zero-order chi connectivity index (χ0) is 33.1. The predicted molar refractivity (Wildman–Crippen MR) is 187 cm³/mol. The summed E-state index contributed by atoms with van der Waals surface area (Å²) < 4.78 is 7.04. The highest BCUT2D eigenvalue weighted by atomic mass is 79.9. The van der Waals surface area contributed by atoms with Gasteiger partial charge in [0.1, 0.15) is 5.75 Å². The lowest BCUT2D eigenvalue weighted by Gasteiger charge is -2.40. The highest BCUT2D eigenvalue weighted by molar-refractivity contribution is 9.11. The van der Waals surface area contributed by atoms with E-state index in [1.807, 2.05) is 34.1 Å². The fourth-order valence-corrected chi connectivity index (χ4v) is 9.00. The van der Waals surface area contributed by atoms with Crippen molar-refractivity contribution in [2.75, 3.05) is 58.2 Å². The Balaban J connectivity index is 1.08. The molecule has 6 rings (SSSR count). The quantitative estimate of drug-likeness (QED) is 0.368. The second-order valence-corrected chi connectivity index (χ2v) is 15.2. The first kappa shape index (κ1) is 34.0. The normalized spacial score (nSPS) is 21.2. The SMILES string of the molecule is CN1CCC(C2CCN(C(=O)[C@@H](Cc3cc(Br)c(O)c(Br)c3)OC(=O)N3CCC(N4CCc5ccccc5NC4=O)CC3)CC2)CC1. The van der Waals surface area contributed by atoms with Crippen LogP contribution in [0.1, 0.15) is 49.7 Å². The van der Waals surface area contributed by atoms with Crippen LogP contribution in [0.3, 0.4) is 0 Å². The molecule has 254 valence electrons. The van der Waals surface area contributed by atoms with Crippen molar-refractivity contribution >= 4 is 55.6 Å². The first-order valence-electron chi connectivity index (χ1n) is 16.9. The summed E-state index contributed by atoms with van der Waals surface area (Å²) in [6.45, 7) is 5.12. The number of hydrogen-bond donors (Lipinski definition) is 2. The van der Waals surface area contributed by atoms with E-state index in [9.17, 15) is 19.5 Å². The number of phenolic OH excluding ortho intramolecular Hbond substituents is 1. The number of piperidine rings is 3. The number of nitrogens with one attached hydrogen (secondary N) is 1. The maximum Gasteiger partial charge on any atom is 0.410 e. The van der Waals surface area contributed by atoms with Gasteiger partial charge in [-0.05, 0) is 138 Å². The third kappa shape index (κ3) is 8.08. The maximum atomic E-state index is 14.0. The van der Waals surface area contributed by atoms with Crippen LogP contribution in [0.2, 0.25) is 0 Å². The average Bonchev–Trinajstić information content (AvgIpc) is 3.25. The number of urea groups is 1. The molecule has 0 saturated carbocycles. The molecule has 3 saturated heterocycles. The number of para-hydroxylation sites is 1. The minimum atomic E-state index is -0.988. The molecule has 12 heteroatoms. The molecule has 3 fully saturated rings. The number of likely N-dealkylation sites (tertiary alicyclic amines) is 3. The van der Waals surface area contributed by atoms with Gasteiger partial charge in [0.05, 0.1) is 8.95 Å². The molecule has 0 spiro atoms. The van der Waals surface area contributed by atoms with E-state index in [0.29, 0.717) is 66.3 Å². The van der Waals surface area contributed by atoms with Gasteiger partial charge in [-0.2, -0.15) is 0 Å². The third-order valence-corrected chi connectivity index (χ3v) is 11.8. The molecule has 0 aliphatic carbocycles. The summed E-state index contributed by atoms with van der Waals surface area (Å²) in [5, 5.41) is 13.3. The first-order valence-corrected chi connectivity index (χ1v) is 18.5. The number of fused-ring (bicyclic) bond motifs is 1. The summed E-state index contributed by atoms with van der Waals surface area (Å²) in [7, 11) is 2.18. The van der Waals surface area contributed by atoms with E-state index in [4.69, 9.17) is 4.74 Å². The fourth-order valence-electron chi connectivity index (χ4n) is 7.72. The number of carbonyl (C=O) groups is 3. The number of aromatic hydroxyl groups is 1. The Morgan fingerprint density at radius 3 is 2.15 bits per heavy atom. The number of amides is 4. The van der Waals surface area contributed by atoms with Crippen molar-refractivity contribution in [2.45, 2.75) is 63.5 Å². The van der Waals surface area contributed by atoms with Gasteiger partial charge in [0.25, 0.3) is 5.91 Å². The van der Waals surface area contributed by atoms with E-state index < -0.39 is 12.2 Å². The topological polar surface area (TPSA) is 106 Å². The van der Waals surface area contributed by atoms with Gasteiger partial charge in [0.15, 0.2) is 6.10 Å². The van der Waals surface area contributed by atoms with Crippen molar-refractivity contribution in [3.8, 4) is 5.75 Å². The van der Waals surface area contributed by atoms with Crippen molar-refractivity contribution < 1.29 is 24.2 Å². The van der Waals surface area contributed by atoms with Crippen LogP contribution in [0, 0.1) is 11.8 Å². The molecule has 4 heterocycles. The minimum Gasteiger partial charge on any atom is -0.506 e. The average molecular weight is 776 g/mol. The second-order valence-electron chi connectivity index (χ2n) is 13.5. The highest BCUT2D eigenvalue weighted by Crippen LogP contribution is 2.35. The number of phenols is 1. The molecule has 2 aromatic carbocycles. The van der Waals surface area contributed by atoms with Crippen LogP contribution in [-0.2, 0) is 22.4 Å². The van der Waals surface area contributed by atoms with Gasteiger partial charge < -0.3 is 34.8 Å². The molecule has 2 aromatic rings. The highest BCUT2D eigenvalue weighted by Gasteiger charge is 2.37. The van der Waals surface area contributed by atoms with Crippen molar-refractivity contribution in [3.63, 3.8) is 0 Å². The van der Waals surface area contributed by atoms with Gasteiger partial charge >= 0.3 is 12.1 Å². The van der Waals surface area contributed by atoms with Crippen LogP contribution in [0.4, 0.5) is 15.3 Å². The third-order valence-electron chi connectivity index (χ3n) is 10.6. The Hall–Kier alpha value is -2.83. The Bertz CT molecular complexity index is 1430. The molecule has 4 aliphatic rings. The zero-order valence-corrected chi connectivity index (χ0v) is 30.2. The largest absolute Gasteiger partial charge is 0.506 e. The molecule has 0 bridgehead atoms. The smallest absolute Gasteiger partial charge is 0.410 e. The van der Waals surface area contributed by atoms with E-state index in [-0.39, 0.29) is 30.2 Å². The number of hydrogen-bond acceptors (Lipinski definition) is 6. The van der Waals surface area contributed by atoms with Crippen molar-refractivity contribution in [3.05, 3.63) is 56.5 Å². The lowest BCUT2D eigenvalue weighted by molar-refractivity contribution is -0.142. The van der Waals surface area contributed by atoms with Gasteiger partial charge in [0.2, 0.25) is 0 Å². The van der Waals surface area contributed by atoms with Gasteiger partial charge in [0, 0.05) is 50.9 Å². The van der Waals surface area contributed by atoms with E-state index in [1.54, 1.807) is 17.0 Å². The number of benzene rings is 2. The van der Waals surface area contributed by atoms with Crippen LogP contribution in [0.15, 0.2) is 45.3 Å². The van der Waals surface area contributed by atoms with Crippen molar-refractivity contribution in [1.29, 1.82) is 0 Å². The zero-order valence-electron chi connectivity index (χ0n) is 27.0. The Labute approximate surface area is 294 Å². The van der Waals surface area contributed by atoms with Crippen molar-refractivity contribution in [1.82, 2.24) is 19.6 Å². The Kier molecular flexibility index (Phi) is 11.0. The number of ether oxygens (including phenoxy) is 1. The van der Waals surface area contributed by atoms with Crippen LogP contribution in [0.25, 0.3) is 0 Å². The minimum absolute atomic E-state index is 0.0170. The van der Waals surface area contributed by atoms with Gasteiger partial charge in [-0.15, -0.1) is 0 Å². The van der Waals surface area contributed by atoms with Gasteiger partial charge in [-0.3, -0.25) is 4.79 Å². The van der Waals surface area contributed by atoms with Gasteiger partial charge in [-0.25, -0.2) is 9.59 Å². The molecule has 10 nitrogen and oxygen atoms in total. The van der Waals surface area contributed by atoms with Crippen LogP contribution < -0.4 is 5.32 Å². The second kappa shape index (κ2) is 15.2. The summed E-state index contributed by atoms with van der Waals surface area (Å²) in [6, 6.07) is 11.3. The number of nitrogens with zero attached hydrogens (tertiary/aromatic N) is 4. The molecular formula is C35H45Br2N5O5. The lowest BCUT2D eigenvalue weighted by Crippen LogP contribution is -2.52. The van der Waals surface area contributed by atoms with E-state index in [2.05, 4.69) is 49.1 Å². The molecule has 1 atom stereocenters. The number of carbonyl (C=O) groups excluding carboxylic acids is 3. The number of halogens is 2. The molecule has 2 N–H and O–H groups in total. The molecule has 0 aromatic heterocycles. The molecule has 0 unspecified atom stereocenters. The molecule has 0 radical (unpaired) electrons. The van der Waals surface area contributed by atoms with Crippen molar-refractivity contribution in [2.24, 2.45) is 11.8 Å². The van der Waals surface area contributed by atoms with Crippen LogP contribution in [0.5, 0.6) is 5.75 Å². The standard InChI is InChI=1S/C35H45Br2N5O5/c1-39-13-6-24(7-14-39)25-8-15-40(16-9-25)33(44)31(22-23-20-28(36)32(43)29(37)21-23)47-35(46)41-17-11-27(12-18-41)42-19-10-26-4-2-3-5-30(26)38-34(42)45/h2-5,20-21,24-25,27,31,43H,6-19,22H2,1H3,(H,38,45)/t31-/m1/s1. The van der Waals surface area contributed by atoms with Crippen LogP contribution in [-0.4, -0.2) is 108 Å². The number of rotatable bonds is 6. The van der Waals surface area contributed by atoms with E-state index in [1.165, 1.54) is 12.8 Å². The molecular weight excluding hydrogens is 730 g/mol. The Morgan fingerprint density at radius 1 is 0.894 bits per heavy atom. The molecule has 4 amide bonds. The summed E-state index contributed by atoms with van der Waals surface area (Å²) in [6.07, 6.45) is 5.13. The molecule has 47 heavy (non-hydrogen) atoms. The predicted octanol–water partition coefficient (Wildman–Crippen LogP) is 6.10.